The number of hydrogen-bond acceptors (Lipinski definition) is 4. The summed E-state index contributed by atoms with van der Waals surface area (Å²) in [7, 11) is 2.94. The molecule has 0 aliphatic carbocycles. The number of aromatic amines is 1. The number of H-pyrrole nitrogens is 1. The number of hydrogen-bond donors (Lipinski definition) is 1. The van der Waals surface area contributed by atoms with Gasteiger partial charge in [0.1, 0.15) is 22.6 Å². The quantitative estimate of drug-likeness (QED) is 0.824. The van der Waals surface area contributed by atoms with E-state index in [9.17, 15) is 4.79 Å². The van der Waals surface area contributed by atoms with E-state index in [1.807, 2.05) is 6.92 Å². The van der Waals surface area contributed by atoms with Crippen molar-refractivity contribution >= 4 is 17.0 Å². The van der Waals surface area contributed by atoms with Gasteiger partial charge in [0, 0.05) is 6.42 Å². The van der Waals surface area contributed by atoms with E-state index in [0.717, 1.165) is 17.8 Å². The van der Waals surface area contributed by atoms with Gasteiger partial charge in [-0.1, -0.05) is 6.92 Å². The number of nitrogens with one attached hydrogen (secondary N) is 1. The molecule has 0 aliphatic rings. The van der Waals surface area contributed by atoms with Crippen LogP contribution < -0.4 is 4.74 Å². The van der Waals surface area contributed by atoms with Crippen molar-refractivity contribution in [3.8, 4) is 5.75 Å². The molecule has 0 amide bonds. The van der Waals surface area contributed by atoms with Crippen LogP contribution in [0.5, 0.6) is 5.75 Å². The van der Waals surface area contributed by atoms with Crippen LogP contribution in [0.3, 0.4) is 0 Å². The van der Waals surface area contributed by atoms with E-state index in [1.165, 1.54) is 7.11 Å². The fraction of sp³-hybridized carbons (Fsp3) is 0.333. The Kier molecular flexibility index (Phi) is 2.99. The van der Waals surface area contributed by atoms with E-state index in [-0.39, 0.29) is 0 Å². The summed E-state index contributed by atoms with van der Waals surface area (Å²) in [6.07, 6.45) is 0.762. The third-order valence-electron chi connectivity index (χ3n) is 2.62. The fourth-order valence-corrected chi connectivity index (χ4v) is 1.73. The first-order valence-corrected chi connectivity index (χ1v) is 5.35. The molecule has 17 heavy (non-hydrogen) atoms. The van der Waals surface area contributed by atoms with Crippen LogP contribution in [0.15, 0.2) is 12.1 Å². The van der Waals surface area contributed by atoms with Crippen LogP contribution in [0.4, 0.5) is 0 Å². The summed E-state index contributed by atoms with van der Waals surface area (Å²) in [6, 6.07) is 3.39. The van der Waals surface area contributed by atoms with Crippen molar-refractivity contribution in [2.24, 2.45) is 0 Å². The summed E-state index contributed by atoms with van der Waals surface area (Å²) in [5.41, 5.74) is 1.76. The van der Waals surface area contributed by atoms with Gasteiger partial charge in [-0.25, -0.2) is 9.78 Å². The zero-order valence-corrected chi connectivity index (χ0v) is 10.0. The molecule has 0 aliphatic heterocycles. The number of methoxy groups -OCH3 is 2. The molecule has 1 N–H and O–H groups in total. The van der Waals surface area contributed by atoms with Crippen molar-refractivity contribution in [1.29, 1.82) is 0 Å². The molecular weight excluding hydrogens is 220 g/mol. The first-order valence-electron chi connectivity index (χ1n) is 5.35. The van der Waals surface area contributed by atoms with Crippen molar-refractivity contribution in [3.63, 3.8) is 0 Å². The maximum absolute atomic E-state index is 11.6. The predicted octanol–water partition coefficient (Wildman–Crippen LogP) is 1.92. The van der Waals surface area contributed by atoms with Gasteiger partial charge in [-0.15, -0.1) is 0 Å². The molecule has 0 spiro atoms. The summed E-state index contributed by atoms with van der Waals surface area (Å²) in [5.74, 6) is 1.08. The highest BCUT2D eigenvalue weighted by Crippen LogP contribution is 2.27. The van der Waals surface area contributed by atoms with Gasteiger partial charge in [0.2, 0.25) is 0 Å². The summed E-state index contributed by atoms with van der Waals surface area (Å²) in [5, 5.41) is 0. The molecule has 2 rings (SSSR count). The molecule has 1 aromatic carbocycles. The lowest BCUT2D eigenvalue weighted by molar-refractivity contribution is 0.0603. The number of fused-ring (bicyclic) bond motifs is 1. The second-order valence-electron chi connectivity index (χ2n) is 3.57. The monoisotopic (exact) mass is 234 g/mol. The Morgan fingerprint density at radius 2 is 2.18 bits per heavy atom. The maximum atomic E-state index is 11.6. The highest BCUT2D eigenvalue weighted by molar-refractivity contribution is 6.03. The predicted molar refractivity (Wildman–Crippen MR) is 63.4 cm³/mol. The Hall–Kier alpha value is -2.04. The van der Waals surface area contributed by atoms with Gasteiger partial charge in [0.05, 0.1) is 19.8 Å². The molecule has 1 aromatic heterocycles. The molecule has 2 aromatic rings. The van der Waals surface area contributed by atoms with Gasteiger partial charge in [0.15, 0.2) is 0 Å². The van der Waals surface area contributed by atoms with Gasteiger partial charge in [-0.05, 0) is 12.1 Å². The molecule has 0 saturated heterocycles. The lowest BCUT2D eigenvalue weighted by Crippen LogP contribution is -2.02. The van der Waals surface area contributed by atoms with Crippen LogP contribution in [0.2, 0.25) is 0 Å². The average molecular weight is 234 g/mol. The lowest BCUT2D eigenvalue weighted by atomic mass is 10.1. The summed E-state index contributed by atoms with van der Waals surface area (Å²) in [6.45, 7) is 1.99. The van der Waals surface area contributed by atoms with Crippen LogP contribution in [0.1, 0.15) is 23.1 Å². The van der Waals surface area contributed by atoms with Crippen LogP contribution in [-0.4, -0.2) is 30.2 Å². The molecule has 5 nitrogen and oxygen atoms in total. The van der Waals surface area contributed by atoms with Gasteiger partial charge in [-0.2, -0.15) is 0 Å². The molecule has 0 bridgehead atoms. The van der Waals surface area contributed by atoms with Crippen LogP contribution in [-0.2, 0) is 11.2 Å². The standard InChI is InChI=1S/C12H14N2O3/c1-4-9-13-10-7(12(15)17-3)5-6-8(16-2)11(10)14-9/h5-6H,4H2,1-3H3,(H,13,14). The lowest BCUT2D eigenvalue weighted by Gasteiger charge is -2.04. The Morgan fingerprint density at radius 3 is 2.76 bits per heavy atom. The van der Waals surface area contributed by atoms with Gasteiger partial charge in [-0.3, -0.25) is 0 Å². The summed E-state index contributed by atoms with van der Waals surface area (Å²) in [4.78, 5) is 19.1. The molecule has 0 radical (unpaired) electrons. The molecule has 0 fully saturated rings. The number of esters is 1. The minimum absolute atomic E-state index is 0.396. The number of benzene rings is 1. The number of carbonyl (C=O) groups excluding carboxylic acids is 1. The van der Waals surface area contributed by atoms with Crippen LogP contribution in [0, 0.1) is 0 Å². The van der Waals surface area contributed by atoms with Crippen LogP contribution >= 0.6 is 0 Å². The van der Waals surface area contributed by atoms with Crippen molar-refractivity contribution in [2.45, 2.75) is 13.3 Å². The van der Waals surface area contributed by atoms with E-state index in [2.05, 4.69) is 9.97 Å². The van der Waals surface area contributed by atoms with Crippen molar-refractivity contribution in [3.05, 3.63) is 23.5 Å². The number of aromatic nitrogens is 2. The number of carbonyl (C=O) groups is 1. The topological polar surface area (TPSA) is 64.2 Å². The summed E-state index contributed by atoms with van der Waals surface area (Å²) < 4.78 is 9.96. The van der Waals surface area contributed by atoms with Crippen molar-refractivity contribution < 1.29 is 14.3 Å². The Morgan fingerprint density at radius 1 is 1.41 bits per heavy atom. The largest absolute Gasteiger partial charge is 0.494 e. The molecule has 1 heterocycles. The second kappa shape index (κ2) is 4.45. The average Bonchev–Trinajstić information content (AvgIpc) is 2.80. The smallest absolute Gasteiger partial charge is 0.340 e. The number of nitrogens with zero attached hydrogens (tertiary/aromatic N) is 1. The van der Waals surface area contributed by atoms with E-state index in [1.54, 1.807) is 19.2 Å². The minimum Gasteiger partial charge on any atom is -0.494 e. The van der Waals surface area contributed by atoms with Gasteiger partial charge in [0.25, 0.3) is 0 Å². The normalized spacial score (nSPS) is 10.5. The number of ether oxygens (including phenoxy) is 2. The van der Waals surface area contributed by atoms with E-state index in [4.69, 9.17) is 9.47 Å². The Bertz CT molecular complexity index is 560. The second-order valence-corrected chi connectivity index (χ2v) is 3.57. The highest BCUT2D eigenvalue weighted by Gasteiger charge is 2.16. The first kappa shape index (κ1) is 11.4. The summed E-state index contributed by atoms with van der Waals surface area (Å²) >= 11 is 0. The number of rotatable bonds is 3. The molecule has 90 valence electrons. The Balaban J connectivity index is 2.71. The maximum Gasteiger partial charge on any atom is 0.340 e. The highest BCUT2D eigenvalue weighted by atomic mass is 16.5. The Labute approximate surface area is 98.8 Å². The van der Waals surface area contributed by atoms with Crippen molar-refractivity contribution in [1.82, 2.24) is 9.97 Å². The zero-order chi connectivity index (χ0) is 12.4. The number of imidazole rings is 1. The first-order chi connectivity index (χ1) is 8.21. The fourth-order valence-electron chi connectivity index (χ4n) is 1.73. The number of aryl methyl sites for hydroxylation is 1. The third-order valence-corrected chi connectivity index (χ3v) is 2.62. The van der Waals surface area contributed by atoms with E-state index in [0.29, 0.717) is 16.8 Å². The third kappa shape index (κ3) is 1.84. The molecular formula is C12H14N2O3. The van der Waals surface area contributed by atoms with Crippen LogP contribution in [0.25, 0.3) is 11.0 Å². The molecule has 5 heteroatoms. The molecule has 0 atom stereocenters. The van der Waals surface area contributed by atoms with E-state index >= 15 is 0 Å². The molecule has 0 saturated carbocycles. The van der Waals surface area contributed by atoms with Crippen molar-refractivity contribution in [2.75, 3.05) is 14.2 Å². The SMILES string of the molecule is CCc1nc2c(C(=O)OC)ccc(OC)c2[nH]1. The minimum atomic E-state index is -0.396. The van der Waals surface area contributed by atoms with E-state index < -0.39 is 5.97 Å². The van der Waals surface area contributed by atoms with Gasteiger partial charge < -0.3 is 14.5 Å². The molecule has 0 unspecified atom stereocenters. The van der Waals surface area contributed by atoms with Gasteiger partial charge >= 0.3 is 5.97 Å². The zero-order valence-electron chi connectivity index (χ0n) is 10.0.